The minimum Gasteiger partial charge on any atom is -0.497 e. The molecule has 0 bridgehead atoms. The summed E-state index contributed by atoms with van der Waals surface area (Å²) in [5.74, 6) is 2.44. The van der Waals surface area contributed by atoms with Crippen LogP contribution in [0.5, 0.6) is 23.1 Å². The predicted octanol–water partition coefficient (Wildman–Crippen LogP) is 5.66. The van der Waals surface area contributed by atoms with Crippen molar-refractivity contribution in [3.63, 3.8) is 0 Å². The van der Waals surface area contributed by atoms with Gasteiger partial charge in [-0.3, -0.25) is 4.79 Å². The third-order valence-corrected chi connectivity index (χ3v) is 5.19. The predicted molar refractivity (Wildman–Crippen MR) is 134 cm³/mol. The van der Waals surface area contributed by atoms with Crippen molar-refractivity contribution < 1.29 is 19.0 Å². The first-order valence-corrected chi connectivity index (χ1v) is 11.4. The third-order valence-electron chi connectivity index (χ3n) is 5.19. The number of benzene rings is 3. The number of rotatable bonds is 10. The van der Waals surface area contributed by atoms with E-state index in [1.54, 1.807) is 37.4 Å². The molecular weight excluding hydrogens is 442 g/mol. The molecule has 3 aromatic carbocycles. The lowest BCUT2D eigenvalue weighted by atomic mass is 10.1. The second-order valence-corrected chi connectivity index (χ2v) is 7.77. The number of amides is 1. The maximum absolute atomic E-state index is 12.8. The van der Waals surface area contributed by atoms with Crippen LogP contribution in [-0.4, -0.2) is 29.6 Å². The van der Waals surface area contributed by atoms with Gasteiger partial charge in [0.05, 0.1) is 19.4 Å². The lowest BCUT2D eigenvalue weighted by molar-refractivity contribution is 0.0951. The first-order valence-electron chi connectivity index (χ1n) is 11.4. The van der Waals surface area contributed by atoms with Crippen LogP contribution in [0.2, 0.25) is 0 Å². The first-order chi connectivity index (χ1) is 17.1. The van der Waals surface area contributed by atoms with Gasteiger partial charge in [-0.25, -0.2) is 9.97 Å². The van der Waals surface area contributed by atoms with E-state index in [1.807, 2.05) is 48.5 Å². The Labute approximate surface area is 204 Å². The van der Waals surface area contributed by atoms with E-state index < -0.39 is 0 Å². The fraction of sp³-hybridized carbons (Fsp3) is 0.179. The Morgan fingerprint density at radius 2 is 1.63 bits per heavy atom. The number of methoxy groups -OCH3 is 1. The van der Waals surface area contributed by atoms with Crippen LogP contribution in [0, 0.1) is 0 Å². The van der Waals surface area contributed by atoms with Crippen LogP contribution in [0.3, 0.4) is 0 Å². The number of hydrogen-bond acceptors (Lipinski definition) is 6. The van der Waals surface area contributed by atoms with Crippen molar-refractivity contribution >= 4 is 5.91 Å². The number of ether oxygens (including phenoxy) is 3. The molecule has 0 fully saturated rings. The minimum absolute atomic E-state index is 0.165. The first kappa shape index (κ1) is 23.8. The molecule has 0 aliphatic heterocycles. The summed E-state index contributed by atoms with van der Waals surface area (Å²) in [6, 6.07) is 24.0. The highest BCUT2D eigenvalue weighted by Gasteiger charge is 2.10. The fourth-order valence-corrected chi connectivity index (χ4v) is 3.35. The molecule has 7 heteroatoms. The third kappa shape index (κ3) is 6.57. The van der Waals surface area contributed by atoms with Gasteiger partial charge in [0.15, 0.2) is 0 Å². The summed E-state index contributed by atoms with van der Waals surface area (Å²) >= 11 is 0. The Bertz CT molecular complexity index is 1260. The molecule has 4 aromatic rings. The van der Waals surface area contributed by atoms with Crippen molar-refractivity contribution in [3.05, 3.63) is 96.3 Å². The van der Waals surface area contributed by atoms with Gasteiger partial charge in [-0.15, -0.1) is 0 Å². The molecule has 0 saturated carbocycles. The molecular formula is C28H27N3O4. The number of hydrogen-bond donors (Lipinski definition) is 1. The molecule has 0 unspecified atom stereocenters. The maximum atomic E-state index is 12.8. The summed E-state index contributed by atoms with van der Waals surface area (Å²) in [6.45, 7) is 3.18. The highest BCUT2D eigenvalue weighted by molar-refractivity contribution is 5.95. The van der Waals surface area contributed by atoms with Crippen LogP contribution in [0.25, 0.3) is 11.3 Å². The second kappa shape index (κ2) is 11.7. The summed E-state index contributed by atoms with van der Waals surface area (Å²) in [7, 11) is 1.61. The molecule has 35 heavy (non-hydrogen) atoms. The van der Waals surface area contributed by atoms with Gasteiger partial charge in [0, 0.05) is 23.7 Å². The molecule has 1 N–H and O–H groups in total. The largest absolute Gasteiger partial charge is 0.497 e. The van der Waals surface area contributed by atoms with Crippen LogP contribution >= 0.6 is 0 Å². The SMILES string of the molecule is CCCOc1ccc(CNC(=O)c2cccc(-c3cc(Oc4ccc(OC)cc4)ncn3)c2)cc1. The van der Waals surface area contributed by atoms with E-state index in [0.29, 0.717) is 36.0 Å². The number of carbonyl (C=O) groups is 1. The van der Waals surface area contributed by atoms with E-state index in [9.17, 15) is 4.79 Å². The highest BCUT2D eigenvalue weighted by Crippen LogP contribution is 2.26. The molecule has 0 aliphatic rings. The van der Waals surface area contributed by atoms with Gasteiger partial charge < -0.3 is 19.5 Å². The summed E-state index contributed by atoms with van der Waals surface area (Å²) in [5, 5.41) is 2.96. The molecule has 0 atom stereocenters. The van der Waals surface area contributed by atoms with Gasteiger partial charge >= 0.3 is 0 Å². The fourth-order valence-electron chi connectivity index (χ4n) is 3.35. The van der Waals surface area contributed by atoms with Gasteiger partial charge in [-0.1, -0.05) is 31.2 Å². The van der Waals surface area contributed by atoms with E-state index >= 15 is 0 Å². The summed E-state index contributed by atoms with van der Waals surface area (Å²) < 4.78 is 16.6. The maximum Gasteiger partial charge on any atom is 0.251 e. The number of nitrogens with one attached hydrogen (secondary N) is 1. The molecule has 4 rings (SSSR count). The Morgan fingerprint density at radius 1 is 0.886 bits per heavy atom. The van der Waals surface area contributed by atoms with Gasteiger partial charge in [0.2, 0.25) is 5.88 Å². The van der Waals surface area contributed by atoms with Gasteiger partial charge in [-0.2, -0.15) is 0 Å². The molecule has 0 radical (unpaired) electrons. The van der Waals surface area contributed by atoms with Crippen molar-refractivity contribution in [2.24, 2.45) is 0 Å². The monoisotopic (exact) mass is 469 g/mol. The summed E-state index contributed by atoms with van der Waals surface area (Å²) in [6.07, 6.45) is 2.40. The van der Waals surface area contributed by atoms with Crippen molar-refractivity contribution in [2.45, 2.75) is 19.9 Å². The highest BCUT2D eigenvalue weighted by atomic mass is 16.5. The van der Waals surface area contributed by atoms with Crippen LogP contribution in [-0.2, 0) is 6.54 Å². The van der Waals surface area contributed by atoms with Crippen molar-refractivity contribution in [3.8, 4) is 34.4 Å². The van der Waals surface area contributed by atoms with Gasteiger partial charge in [-0.05, 0) is 60.5 Å². The average Bonchev–Trinajstić information content (AvgIpc) is 2.92. The van der Waals surface area contributed by atoms with Crippen LogP contribution < -0.4 is 19.5 Å². The smallest absolute Gasteiger partial charge is 0.251 e. The summed E-state index contributed by atoms with van der Waals surface area (Å²) in [5.41, 5.74) is 2.98. The van der Waals surface area contributed by atoms with Crippen molar-refractivity contribution in [2.75, 3.05) is 13.7 Å². The zero-order chi connectivity index (χ0) is 24.5. The van der Waals surface area contributed by atoms with E-state index in [-0.39, 0.29) is 5.91 Å². The zero-order valence-corrected chi connectivity index (χ0v) is 19.7. The molecule has 0 aliphatic carbocycles. The topological polar surface area (TPSA) is 82.6 Å². The Kier molecular flexibility index (Phi) is 7.91. The van der Waals surface area contributed by atoms with Crippen LogP contribution in [0.1, 0.15) is 29.3 Å². The average molecular weight is 470 g/mol. The normalized spacial score (nSPS) is 10.5. The lowest BCUT2D eigenvalue weighted by Crippen LogP contribution is -2.22. The van der Waals surface area contributed by atoms with Crippen molar-refractivity contribution in [1.29, 1.82) is 0 Å². The Balaban J connectivity index is 1.40. The summed E-state index contributed by atoms with van der Waals surface area (Å²) in [4.78, 5) is 21.3. The van der Waals surface area contributed by atoms with E-state index in [1.165, 1.54) is 6.33 Å². The molecule has 178 valence electrons. The van der Waals surface area contributed by atoms with E-state index in [0.717, 1.165) is 29.0 Å². The minimum atomic E-state index is -0.165. The molecule has 1 aromatic heterocycles. The lowest BCUT2D eigenvalue weighted by Gasteiger charge is -2.09. The molecule has 0 spiro atoms. The molecule has 0 saturated heterocycles. The quantitative estimate of drug-likeness (QED) is 0.323. The molecule has 7 nitrogen and oxygen atoms in total. The Morgan fingerprint density at radius 3 is 2.37 bits per heavy atom. The zero-order valence-electron chi connectivity index (χ0n) is 19.7. The number of nitrogens with zero attached hydrogens (tertiary/aromatic N) is 2. The van der Waals surface area contributed by atoms with Gasteiger partial charge in [0.1, 0.15) is 23.6 Å². The number of carbonyl (C=O) groups excluding carboxylic acids is 1. The standard InChI is InChI=1S/C28H27N3O4/c1-3-15-34-24-9-7-20(8-10-24)18-29-28(32)22-6-4-5-21(16-22)26-17-27(31-19-30-26)35-25-13-11-23(33-2)12-14-25/h4-14,16-17,19H,3,15,18H2,1-2H3,(H,29,32). The molecule has 1 heterocycles. The number of aromatic nitrogens is 2. The van der Waals surface area contributed by atoms with Crippen molar-refractivity contribution in [1.82, 2.24) is 15.3 Å². The van der Waals surface area contributed by atoms with E-state index in [2.05, 4.69) is 22.2 Å². The second-order valence-electron chi connectivity index (χ2n) is 7.77. The van der Waals surface area contributed by atoms with Crippen LogP contribution in [0.4, 0.5) is 0 Å². The Hall–Kier alpha value is -4.39. The van der Waals surface area contributed by atoms with E-state index in [4.69, 9.17) is 14.2 Å². The molecule has 1 amide bonds. The van der Waals surface area contributed by atoms with Crippen LogP contribution in [0.15, 0.2) is 85.2 Å². The van der Waals surface area contributed by atoms with Gasteiger partial charge in [0.25, 0.3) is 5.91 Å².